The Hall–Kier alpha value is -0.990. The third-order valence-electron chi connectivity index (χ3n) is 4.10. The Bertz CT molecular complexity index is 420. The molecule has 0 atom stereocenters. The summed E-state index contributed by atoms with van der Waals surface area (Å²) in [5.74, 6) is 2.78. The maximum atomic E-state index is 6.33. The van der Waals surface area contributed by atoms with Gasteiger partial charge in [-0.25, -0.2) is 4.98 Å². The lowest BCUT2D eigenvalue weighted by atomic mass is 9.88. The molecule has 1 heterocycles. The average molecular weight is 263 g/mol. The summed E-state index contributed by atoms with van der Waals surface area (Å²) in [6.45, 7) is 9.85. The third kappa shape index (κ3) is 3.31. The van der Waals surface area contributed by atoms with E-state index in [1.54, 1.807) is 0 Å². The van der Waals surface area contributed by atoms with Gasteiger partial charge in [0.15, 0.2) is 0 Å². The van der Waals surface area contributed by atoms with E-state index in [4.69, 9.17) is 10.7 Å². The van der Waals surface area contributed by atoms with Crippen LogP contribution in [0, 0.1) is 5.41 Å². The van der Waals surface area contributed by atoms with Crippen LogP contribution in [0.1, 0.15) is 77.2 Å². The Morgan fingerprint density at radius 2 is 1.84 bits per heavy atom. The molecule has 0 radical (unpaired) electrons. The van der Waals surface area contributed by atoms with Crippen LogP contribution in [-0.4, -0.2) is 9.55 Å². The van der Waals surface area contributed by atoms with Crippen molar-refractivity contribution < 1.29 is 0 Å². The fraction of sp³-hybridized carbons (Fsp3) is 0.812. The summed E-state index contributed by atoms with van der Waals surface area (Å²) in [6, 6.07) is 0. The van der Waals surface area contributed by atoms with Crippen LogP contribution in [0.4, 0.5) is 5.82 Å². The number of hydrogen-bond donors (Lipinski definition) is 1. The molecule has 3 heteroatoms. The smallest absolute Gasteiger partial charge is 0.126 e. The van der Waals surface area contributed by atoms with E-state index in [1.165, 1.54) is 37.9 Å². The summed E-state index contributed by atoms with van der Waals surface area (Å²) in [4.78, 5) is 4.93. The molecule has 0 amide bonds. The average Bonchev–Trinajstić information content (AvgIpc) is 2.65. The molecule has 2 rings (SSSR count). The highest BCUT2D eigenvalue weighted by molar-refractivity contribution is 5.39. The number of nitrogen functional groups attached to an aromatic ring is 1. The lowest BCUT2D eigenvalue weighted by Gasteiger charge is -2.21. The Morgan fingerprint density at radius 1 is 1.21 bits per heavy atom. The highest BCUT2D eigenvalue weighted by Crippen LogP contribution is 2.35. The highest BCUT2D eigenvalue weighted by Gasteiger charge is 2.25. The molecule has 0 saturated heterocycles. The van der Waals surface area contributed by atoms with Gasteiger partial charge in [-0.1, -0.05) is 40.0 Å². The third-order valence-corrected chi connectivity index (χ3v) is 4.10. The standard InChI is InChI=1S/C16H29N3/c1-5-19-14(17)13(11-16(2,3)4)18-15(19)12-9-7-6-8-10-12/h12H,5-11,17H2,1-4H3. The number of anilines is 1. The summed E-state index contributed by atoms with van der Waals surface area (Å²) < 4.78 is 2.25. The summed E-state index contributed by atoms with van der Waals surface area (Å²) >= 11 is 0. The van der Waals surface area contributed by atoms with E-state index in [1.807, 2.05) is 0 Å². The van der Waals surface area contributed by atoms with Crippen LogP contribution >= 0.6 is 0 Å². The minimum atomic E-state index is 0.241. The summed E-state index contributed by atoms with van der Waals surface area (Å²) in [5, 5.41) is 0. The predicted octanol–water partition coefficient (Wildman–Crippen LogP) is 4.12. The zero-order chi connectivity index (χ0) is 14.0. The van der Waals surface area contributed by atoms with E-state index >= 15 is 0 Å². The van der Waals surface area contributed by atoms with Gasteiger partial charge >= 0.3 is 0 Å². The van der Waals surface area contributed by atoms with Gasteiger partial charge in [0, 0.05) is 12.5 Å². The first kappa shape index (κ1) is 14.4. The molecule has 0 aliphatic heterocycles. The molecule has 0 bridgehead atoms. The van der Waals surface area contributed by atoms with Crippen molar-refractivity contribution in [3.63, 3.8) is 0 Å². The number of imidazole rings is 1. The zero-order valence-electron chi connectivity index (χ0n) is 13.0. The van der Waals surface area contributed by atoms with Crippen molar-refractivity contribution >= 4 is 5.82 Å². The molecule has 1 aliphatic carbocycles. The maximum Gasteiger partial charge on any atom is 0.126 e. The lowest BCUT2D eigenvalue weighted by molar-refractivity contribution is 0.403. The minimum Gasteiger partial charge on any atom is -0.384 e. The van der Waals surface area contributed by atoms with E-state index in [0.29, 0.717) is 5.92 Å². The van der Waals surface area contributed by atoms with Crippen molar-refractivity contribution in [2.45, 2.75) is 78.7 Å². The fourth-order valence-corrected chi connectivity index (χ4v) is 3.17. The second-order valence-corrected chi connectivity index (χ2v) is 7.12. The van der Waals surface area contributed by atoms with Gasteiger partial charge in [-0.2, -0.15) is 0 Å². The molecule has 1 aromatic heterocycles. The fourth-order valence-electron chi connectivity index (χ4n) is 3.17. The molecule has 2 N–H and O–H groups in total. The lowest BCUT2D eigenvalue weighted by Crippen LogP contribution is -2.13. The number of nitrogens with zero attached hydrogens (tertiary/aromatic N) is 2. The van der Waals surface area contributed by atoms with Crippen molar-refractivity contribution in [1.82, 2.24) is 9.55 Å². The highest BCUT2D eigenvalue weighted by atomic mass is 15.1. The Kier molecular flexibility index (Phi) is 4.22. The van der Waals surface area contributed by atoms with Gasteiger partial charge in [0.1, 0.15) is 11.6 Å². The Labute approximate surface area is 117 Å². The first-order chi connectivity index (χ1) is 8.92. The molecule has 19 heavy (non-hydrogen) atoms. The van der Waals surface area contributed by atoms with Crippen molar-refractivity contribution in [3.05, 3.63) is 11.5 Å². The van der Waals surface area contributed by atoms with Crippen LogP contribution in [0.15, 0.2) is 0 Å². The van der Waals surface area contributed by atoms with Crippen LogP contribution < -0.4 is 5.73 Å². The van der Waals surface area contributed by atoms with E-state index in [-0.39, 0.29) is 5.41 Å². The van der Waals surface area contributed by atoms with Crippen molar-refractivity contribution in [1.29, 1.82) is 0 Å². The normalized spacial score (nSPS) is 17.9. The molecule has 3 nitrogen and oxygen atoms in total. The monoisotopic (exact) mass is 263 g/mol. The summed E-state index contributed by atoms with van der Waals surface area (Å²) in [5.41, 5.74) is 7.68. The van der Waals surface area contributed by atoms with Gasteiger partial charge in [-0.15, -0.1) is 0 Å². The van der Waals surface area contributed by atoms with E-state index in [9.17, 15) is 0 Å². The van der Waals surface area contributed by atoms with E-state index in [0.717, 1.165) is 24.5 Å². The summed E-state index contributed by atoms with van der Waals surface area (Å²) in [7, 11) is 0. The number of aromatic nitrogens is 2. The molecule has 1 saturated carbocycles. The van der Waals surface area contributed by atoms with Crippen molar-refractivity contribution in [3.8, 4) is 0 Å². The van der Waals surface area contributed by atoms with Crippen LogP contribution in [0.3, 0.4) is 0 Å². The predicted molar refractivity (Wildman–Crippen MR) is 81.3 cm³/mol. The molecular formula is C16H29N3. The van der Waals surface area contributed by atoms with Crippen molar-refractivity contribution in [2.75, 3.05) is 5.73 Å². The Morgan fingerprint density at radius 3 is 2.37 bits per heavy atom. The molecular weight excluding hydrogens is 234 g/mol. The van der Waals surface area contributed by atoms with E-state index < -0.39 is 0 Å². The molecule has 0 unspecified atom stereocenters. The topological polar surface area (TPSA) is 43.8 Å². The SMILES string of the molecule is CCn1c(C2CCCCC2)nc(CC(C)(C)C)c1N. The van der Waals surface area contributed by atoms with Crippen LogP contribution in [0.5, 0.6) is 0 Å². The van der Waals surface area contributed by atoms with Crippen LogP contribution in [0.25, 0.3) is 0 Å². The number of nitrogens with two attached hydrogens (primary N) is 1. The molecule has 1 aromatic rings. The molecule has 108 valence electrons. The van der Waals surface area contributed by atoms with Gasteiger partial charge in [-0.3, -0.25) is 0 Å². The number of hydrogen-bond acceptors (Lipinski definition) is 2. The van der Waals surface area contributed by atoms with Gasteiger partial charge < -0.3 is 10.3 Å². The zero-order valence-corrected chi connectivity index (χ0v) is 13.0. The minimum absolute atomic E-state index is 0.241. The first-order valence-corrected chi connectivity index (χ1v) is 7.77. The second-order valence-electron chi connectivity index (χ2n) is 7.12. The molecule has 0 spiro atoms. The van der Waals surface area contributed by atoms with Crippen LogP contribution in [0.2, 0.25) is 0 Å². The summed E-state index contributed by atoms with van der Waals surface area (Å²) in [6.07, 6.45) is 7.60. The quantitative estimate of drug-likeness (QED) is 0.891. The van der Waals surface area contributed by atoms with Gasteiger partial charge in [0.05, 0.1) is 5.69 Å². The number of rotatable bonds is 3. The molecule has 1 aliphatic rings. The van der Waals surface area contributed by atoms with Gasteiger partial charge in [0.2, 0.25) is 0 Å². The Balaban J connectivity index is 2.29. The maximum absolute atomic E-state index is 6.33. The molecule has 0 aromatic carbocycles. The van der Waals surface area contributed by atoms with Crippen molar-refractivity contribution in [2.24, 2.45) is 5.41 Å². The van der Waals surface area contributed by atoms with E-state index in [2.05, 4.69) is 32.3 Å². The second kappa shape index (κ2) is 5.56. The van der Waals surface area contributed by atoms with Gasteiger partial charge in [0.25, 0.3) is 0 Å². The first-order valence-electron chi connectivity index (χ1n) is 7.77. The largest absolute Gasteiger partial charge is 0.384 e. The van der Waals surface area contributed by atoms with Crippen LogP contribution in [-0.2, 0) is 13.0 Å². The molecule has 1 fully saturated rings. The van der Waals surface area contributed by atoms with Gasteiger partial charge in [-0.05, 0) is 31.6 Å².